The first-order chi connectivity index (χ1) is 6.63. The van der Waals surface area contributed by atoms with Crippen LogP contribution in [0.1, 0.15) is 40.0 Å². The molecule has 14 heavy (non-hydrogen) atoms. The predicted octanol–water partition coefficient (Wildman–Crippen LogP) is 1.54. The average molecular weight is 200 g/mol. The number of carbonyl (C=O) groups is 1. The normalized spacial score (nSPS) is 12.9. The van der Waals surface area contributed by atoms with Gasteiger partial charge in [0.25, 0.3) is 0 Å². The van der Waals surface area contributed by atoms with Crippen molar-refractivity contribution in [3.8, 4) is 0 Å². The van der Waals surface area contributed by atoms with E-state index in [1.54, 1.807) is 7.05 Å². The summed E-state index contributed by atoms with van der Waals surface area (Å²) in [6.45, 7) is 7.49. The van der Waals surface area contributed by atoms with Crippen molar-refractivity contribution in [2.75, 3.05) is 13.6 Å². The summed E-state index contributed by atoms with van der Waals surface area (Å²) < 4.78 is 0. The minimum atomic E-state index is 0.106. The predicted molar refractivity (Wildman–Crippen MR) is 60.2 cm³/mol. The quantitative estimate of drug-likeness (QED) is 0.654. The van der Waals surface area contributed by atoms with Crippen LogP contribution in [0.25, 0.3) is 0 Å². The zero-order chi connectivity index (χ0) is 11.0. The molecule has 0 aromatic carbocycles. The van der Waals surface area contributed by atoms with Crippen LogP contribution in [0, 0.1) is 5.92 Å². The third-order valence-electron chi connectivity index (χ3n) is 2.68. The molecule has 0 spiro atoms. The highest BCUT2D eigenvalue weighted by molar-refractivity contribution is 5.76. The third-order valence-corrected chi connectivity index (χ3v) is 2.68. The van der Waals surface area contributed by atoms with Crippen LogP contribution in [-0.4, -0.2) is 25.5 Å². The van der Waals surface area contributed by atoms with Gasteiger partial charge < -0.3 is 10.6 Å². The standard InChI is InChI=1S/C11H24N2O/c1-5-10(6-2)8-13-9(3)7-11(14)12-4/h9-10,13H,5-8H2,1-4H3,(H,12,14). The van der Waals surface area contributed by atoms with Crippen molar-refractivity contribution in [1.82, 2.24) is 10.6 Å². The van der Waals surface area contributed by atoms with Gasteiger partial charge in [-0.25, -0.2) is 0 Å². The van der Waals surface area contributed by atoms with E-state index in [1.165, 1.54) is 12.8 Å². The molecule has 0 rings (SSSR count). The number of amides is 1. The van der Waals surface area contributed by atoms with E-state index in [1.807, 2.05) is 0 Å². The van der Waals surface area contributed by atoms with E-state index in [2.05, 4.69) is 31.4 Å². The van der Waals surface area contributed by atoms with Crippen LogP contribution in [0.2, 0.25) is 0 Å². The zero-order valence-electron chi connectivity index (χ0n) is 9.89. The second-order valence-electron chi connectivity index (χ2n) is 3.87. The first kappa shape index (κ1) is 13.4. The van der Waals surface area contributed by atoms with Gasteiger partial charge in [0, 0.05) is 19.5 Å². The van der Waals surface area contributed by atoms with Crippen LogP contribution < -0.4 is 10.6 Å². The van der Waals surface area contributed by atoms with Gasteiger partial charge >= 0.3 is 0 Å². The summed E-state index contributed by atoms with van der Waals surface area (Å²) in [5.41, 5.74) is 0. The van der Waals surface area contributed by atoms with Crippen LogP contribution in [0.3, 0.4) is 0 Å². The fourth-order valence-electron chi connectivity index (χ4n) is 1.40. The maximum atomic E-state index is 11.1. The van der Waals surface area contributed by atoms with Crippen LogP contribution in [-0.2, 0) is 4.79 Å². The maximum Gasteiger partial charge on any atom is 0.221 e. The monoisotopic (exact) mass is 200 g/mol. The van der Waals surface area contributed by atoms with Crippen molar-refractivity contribution < 1.29 is 4.79 Å². The molecule has 0 aliphatic heterocycles. The highest BCUT2D eigenvalue weighted by Gasteiger charge is 2.09. The van der Waals surface area contributed by atoms with Crippen molar-refractivity contribution in [2.24, 2.45) is 5.92 Å². The molecule has 84 valence electrons. The van der Waals surface area contributed by atoms with E-state index in [0.29, 0.717) is 6.42 Å². The van der Waals surface area contributed by atoms with E-state index in [-0.39, 0.29) is 11.9 Å². The lowest BCUT2D eigenvalue weighted by atomic mass is 10.0. The molecule has 0 aliphatic rings. The van der Waals surface area contributed by atoms with Crippen molar-refractivity contribution >= 4 is 5.91 Å². The molecule has 1 atom stereocenters. The summed E-state index contributed by atoms with van der Waals surface area (Å²) in [4.78, 5) is 11.1. The summed E-state index contributed by atoms with van der Waals surface area (Å²) in [6.07, 6.45) is 2.98. The fourth-order valence-corrected chi connectivity index (χ4v) is 1.40. The first-order valence-corrected chi connectivity index (χ1v) is 5.57. The highest BCUT2D eigenvalue weighted by atomic mass is 16.1. The summed E-state index contributed by atoms with van der Waals surface area (Å²) >= 11 is 0. The Kier molecular flexibility index (Phi) is 7.48. The SMILES string of the molecule is CCC(CC)CNC(C)CC(=O)NC. The lowest BCUT2D eigenvalue weighted by molar-refractivity contribution is -0.121. The van der Waals surface area contributed by atoms with Crippen LogP contribution in [0.4, 0.5) is 0 Å². The molecule has 0 aromatic heterocycles. The van der Waals surface area contributed by atoms with Crippen molar-refractivity contribution in [1.29, 1.82) is 0 Å². The van der Waals surface area contributed by atoms with E-state index in [4.69, 9.17) is 0 Å². The molecule has 3 nitrogen and oxygen atoms in total. The van der Waals surface area contributed by atoms with E-state index in [0.717, 1.165) is 12.5 Å². The second-order valence-corrected chi connectivity index (χ2v) is 3.87. The summed E-state index contributed by atoms with van der Waals surface area (Å²) in [6, 6.07) is 0.274. The minimum absolute atomic E-state index is 0.106. The average Bonchev–Trinajstić information content (AvgIpc) is 2.19. The van der Waals surface area contributed by atoms with Gasteiger partial charge in [0.2, 0.25) is 5.91 Å². The summed E-state index contributed by atoms with van der Waals surface area (Å²) in [7, 11) is 1.68. The number of rotatable bonds is 7. The molecule has 2 N–H and O–H groups in total. The van der Waals surface area contributed by atoms with Gasteiger partial charge in [-0.2, -0.15) is 0 Å². The molecule has 0 aliphatic carbocycles. The van der Waals surface area contributed by atoms with Crippen LogP contribution >= 0.6 is 0 Å². The Morgan fingerprint density at radius 2 is 1.86 bits per heavy atom. The molecule has 0 saturated heterocycles. The molecule has 0 saturated carbocycles. The Hall–Kier alpha value is -0.570. The van der Waals surface area contributed by atoms with E-state index >= 15 is 0 Å². The van der Waals surface area contributed by atoms with E-state index < -0.39 is 0 Å². The fraction of sp³-hybridized carbons (Fsp3) is 0.909. The van der Waals surface area contributed by atoms with Crippen LogP contribution in [0.15, 0.2) is 0 Å². The molecule has 0 heterocycles. The molecule has 0 aromatic rings. The molecule has 0 fully saturated rings. The summed E-state index contributed by atoms with van der Waals surface area (Å²) in [5, 5.41) is 6.02. The Morgan fingerprint density at radius 3 is 2.29 bits per heavy atom. The van der Waals surface area contributed by atoms with Gasteiger partial charge in [-0.15, -0.1) is 0 Å². The van der Waals surface area contributed by atoms with Crippen LogP contribution in [0.5, 0.6) is 0 Å². The van der Waals surface area contributed by atoms with E-state index in [9.17, 15) is 4.79 Å². The number of hydrogen-bond acceptors (Lipinski definition) is 2. The Labute approximate surface area is 87.6 Å². The van der Waals surface area contributed by atoms with Gasteiger partial charge in [-0.1, -0.05) is 26.7 Å². The zero-order valence-corrected chi connectivity index (χ0v) is 9.89. The number of nitrogens with one attached hydrogen (secondary N) is 2. The molecular formula is C11H24N2O. The molecule has 1 unspecified atom stereocenters. The Morgan fingerprint density at radius 1 is 1.29 bits per heavy atom. The Bertz CT molecular complexity index is 155. The smallest absolute Gasteiger partial charge is 0.221 e. The second kappa shape index (κ2) is 7.80. The van der Waals surface area contributed by atoms with Crippen molar-refractivity contribution in [3.05, 3.63) is 0 Å². The van der Waals surface area contributed by atoms with Gasteiger partial charge in [0.05, 0.1) is 0 Å². The lowest BCUT2D eigenvalue weighted by Crippen LogP contribution is -2.35. The maximum absolute atomic E-state index is 11.1. The molecule has 1 amide bonds. The largest absolute Gasteiger partial charge is 0.359 e. The molecule has 0 radical (unpaired) electrons. The number of carbonyl (C=O) groups excluding carboxylic acids is 1. The summed E-state index contributed by atoms with van der Waals surface area (Å²) in [5.74, 6) is 0.844. The van der Waals surface area contributed by atoms with Gasteiger partial charge in [-0.3, -0.25) is 4.79 Å². The van der Waals surface area contributed by atoms with Gasteiger partial charge in [0.15, 0.2) is 0 Å². The molecule has 0 bridgehead atoms. The first-order valence-electron chi connectivity index (χ1n) is 5.57. The topological polar surface area (TPSA) is 41.1 Å². The molecular weight excluding hydrogens is 176 g/mol. The Balaban J connectivity index is 3.61. The van der Waals surface area contributed by atoms with Crippen molar-refractivity contribution in [3.63, 3.8) is 0 Å². The number of hydrogen-bond donors (Lipinski definition) is 2. The third kappa shape index (κ3) is 5.97. The van der Waals surface area contributed by atoms with Gasteiger partial charge in [0.1, 0.15) is 0 Å². The minimum Gasteiger partial charge on any atom is -0.359 e. The lowest BCUT2D eigenvalue weighted by Gasteiger charge is -2.17. The van der Waals surface area contributed by atoms with Crippen molar-refractivity contribution in [2.45, 2.75) is 46.1 Å². The molecule has 3 heteroatoms. The highest BCUT2D eigenvalue weighted by Crippen LogP contribution is 2.05. The van der Waals surface area contributed by atoms with Gasteiger partial charge in [-0.05, 0) is 19.4 Å².